The molecule has 3 rings (SSSR count). The number of hydrogen-bond acceptors (Lipinski definition) is 5. The molecule has 0 spiro atoms. The van der Waals surface area contributed by atoms with Crippen LogP contribution in [-0.2, 0) is 6.42 Å². The predicted molar refractivity (Wildman–Crippen MR) is 71.9 cm³/mol. The van der Waals surface area contributed by atoms with E-state index in [9.17, 15) is 0 Å². The highest BCUT2D eigenvalue weighted by atomic mass is 32.1. The fourth-order valence-corrected chi connectivity index (χ4v) is 2.59. The van der Waals surface area contributed by atoms with E-state index in [4.69, 9.17) is 0 Å². The van der Waals surface area contributed by atoms with Crippen molar-refractivity contribution in [3.05, 3.63) is 41.7 Å². The van der Waals surface area contributed by atoms with Gasteiger partial charge in [-0.3, -0.25) is 0 Å². The number of nitrogens with zero attached hydrogens (tertiary/aromatic N) is 4. The Bertz CT molecular complexity index is 587. The third-order valence-corrected chi connectivity index (χ3v) is 3.57. The van der Waals surface area contributed by atoms with E-state index in [1.165, 1.54) is 0 Å². The van der Waals surface area contributed by atoms with Gasteiger partial charge in [0.1, 0.15) is 11.3 Å². The molecule has 0 aliphatic rings. The molecule has 2 aromatic heterocycles. The van der Waals surface area contributed by atoms with Crippen molar-refractivity contribution in [3.8, 4) is 0 Å². The van der Waals surface area contributed by atoms with Gasteiger partial charge < -0.3 is 5.32 Å². The fourth-order valence-electron chi connectivity index (χ4n) is 1.73. The number of fused-ring (bicyclic) bond motifs is 1. The lowest BCUT2D eigenvalue weighted by atomic mass is 10.3. The summed E-state index contributed by atoms with van der Waals surface area (Å²) < 4.78 is 1.73. The van der Waals surface area contributed by atoms with Crippen molar-refractivity contribution in [1.29, 1.82) is 0 Å². The summed E-state index contributed by atoms with van der Waals surface area (Å²) in [6.45, 7) is 0.949. The summed E-state index contributed by atoms with van der Waals surface area (Å²) in [5.74, 6) is 0. The van der Waals surface area contributed by atoms with E-state index < -0.39 is 0 Å². The maximum absolute atomic E-state index is 4.40. The van der Waals surface area contributed by atoms with Gasteiger partial charge in [-0.15, -0.1) is 10.2 Å². The molecular formula is C12H13N5S. The number of anilines is 1. The lowest BCUT2D eigenvalue weighted by Crippen LogP contribution is -2.02. The summed E-state index contributed by atoms with van der Waals surface area (Å²) in [7, 11) is 0. The number of aryl methyl sites for hydroxylation is 1. The lowest BCUT2D eigenvalue weighted by Gasteiger charge is -2.04. The van der Waals surface area contributed by atoms with Crippen LogP contribution < -0.4 is 5.32 Å². The molecule has 0 saturated heterocycles. The molecule has 3 aromatic rings. The number of benzene rings is 1. The van der Waals surface area contributed by atoms with Crippen LogP contribution in [0.1, 0.15) is 11.4 Å². The molecule has 0 saturated carbocycles. The molecule has 2 heterocycles. The summed E-state index contributed by atoms with van der Waals surface area (Å²) in [6.07, 6.45) is 3.66. The Morgan fingerprint density at radius 3 is 2.94 bits per heavy atom. The minimum Gasteiger partial charge on any atom is -0.385 e. The number of hydrogen-bond donors (Lipinski definition) is 1. The maximum atomic E-state index is 4.40. The van der Waals surface area contributed by atoms with E-state index in [2.05, 4.69) is 32.7 Å². The van der Waals surface area contributed by atoms with E-state index in [0.717, 1.165) is 35.0 Å². The van der Waals surface area contributed by atoms with E-state index in [0.29, 0.717) is 0 Å². The Morgan fingerprint density at radius 1 is 1.22 bits per heavy atom. The second-order valence-electron chi connectivity index (χ2n) is 3.95. The van der Waals surface area contributed by atoms with Crippen molar-refractivity contribution in [2.45, 2.75) is 12.8 Å². The van der Waals surface area contributed by atoms with Crippen molar-refractivity contribution < 1.29 is 0 Å². The monoisotopic (exact) mass is 259 g/mol. The zero-order valence-electron chi connectivity index (χ0n) is 9.78. The zero-order chi connectivity index (χ0) is 12.2. The highest BCUT2D eigenvalue weighted by Gasteiger charge is 2.04. The van der Waals surface area contributed by atoms with Gasteiger partial charge in [-0.2, -0.15) is 9.61 Å². The summed E-state index contributed by atoms with van der Waals surface area (Å²) in [5.41, 5.74) is 1.16. The van der Waals surface area contributed by atoms with Crippen LogP contribution in [0.15, 0.2) is 36.7 Å². The lowest BCUT2D eigenvalue weighted by molar-refractivity contribution is 0.815. The highest BCUT2D eigenvalue weighted by molar-refractivity contribution is 7.16. The molecule has 1 N–H and O–H groups in total. The van der Waals surface area contributed by atoms with Crippen LogP contribution in [0.25, 0.3) is 4.96 Å². The Hall–Kier alpha value is -1.95. The van der Waals surface area contributed by atoms with E-state index in [-0.39, 0.29) is 0 Å². The van der Waals surface area contributed by atoms with Crippen LogP contribution in [0.3, 0.4) is 0 Å². The molecule has 18 heavy (non-hydrogen) atoms. The summed E-state index contributed by atoms with van der Waals surface area (Å²) in [5, 5.41) is 16.6. The number of aromatic nitrogens is 4. The standard InChI is InChI=1S/C12H13N5S/c1-2-5-10(6-3-1)13-8-4-7-11-16-17-9-14-15-12(17)18-11/h1-3,5-6,9,13H,4,7-8H2. The first kappa shape index (κ1) is 11.2. The van der Waals surface area contributed by atoms with Gasteiger partial charge in [-0.1, -0.05) is 29.5 Å². The molecule has 0 aliphatic carbocycles. The SMILES string of the molecule is c1ccc(NCCCc2nn3cnnc3s2)cc1. The average molecular weight is 259 g/mol. The Labute approximate surface area is 108 Å². The second-order valence-corrected chi connectivity index (χ2v) is 4.99. The smallest absolute Gasteiger partial charge is 0.234 e. The van der Waals surface area contributed by atoms with Gasteiger partial charge in [0.15, 0.2) is 0 Å². The van der Waals surface area contributed by atoms with Gasteiger partial charge in [0.2, 0.25) is 4.96 Å². The highest BCUT2D eigenvalue weighted by Crippen LogP contribution is 2.13. The van der Waals surface area contributed by atoms with Gasteiger partial charge >= 0.3 is 0 Å². The van der Waals surface area contributed by atoms with Crippen LogP contribution >= 0.6 is 11.3 Å². The molecule has 0 unspecified atom stereocenters. The Balaban J connectivity index is 1.49. The van der Waals surface area contributed by atoms with Crippen LogP contribution in [0.4, 0.5) is 5.69 Å². The number of nitrogens with one attached hydrogen (secondary N) is 1. The first-order valence-corrected chi connectivity index (χ1v) is 6.68. The van der Waals surface area contributed by atoms with Gasteiger partial charge in [0.25, 0.3) is 0 Å². The predicted octanol–water partition coefficient (Wildman–Crippen LogP) is 2.23. The van der Waals surface area contributed by atoms with Crippen molar-refractivity contribution >= 4 is 22.0 Å². The third-order valence-electron chi connectivity index (χ3n) is 2.60. The largest absolute Gasteiger partial charge is 0.385 e. The van der Waals surface area contributed by atoms with E-state index in [1.807, 2.05) is 18.2 Å². The molecule has 6 heteroatoms. The van der Waals surface area contributed by atoms with Crippen LogP contribution in [-0.4, -0.2) is 26.4 Å². The van der Waals surface area contributed by atoms with Crippen molar-refractivity contribution in [3.63, 3.8) is 0 Å². The summed E-state index contributed by atoms with van der Waals surface area (Å²) >= 11 is 1.60. The molecule has 0 radical (unpaired) electrons. The van der Waals surface area contributed by atoms with Crippen LogP contribution in [0.2, 0.25) is 0 Å². The average Bonchev–Trinajstić information content (AvgIpc) is 2.96. The van der Waals surface area contributed by atoms with Gasteiger partial charge in [-0.05, 0) is 18.6 Å². The fraction of sp³-hybridized carbons (Fsp3) is 0.250. The third kappa shape index (κ3) is 2.48. The van der Waals surface area contributed by atoms with Crippen molar-refractivity contribution in [1.82, 2.24) is 19.8 Å². The van der Waals surface area contributed by atoms with Gasteiger partial charge in [-0.25, -0.2) is 0 Å². The Morgan fingerprint density at radius 2 is 2.11 bits per heavy atom. The molecule has 0 fully saturated rings. The number of para-hydroxylation sites is 1. The van der Waals surface area contributed by atoms with Crippen molar-refractivity contribution in [2.24, 2.45) is 0 Å². The second kappa shape index (κ2) is 5.14. The van der Waals surface area contributed by atoms with Crippen molar-refractivity contribution in [2.75, 3.05) is 11.9 Å². The maximum Gasteiger partial charge on any atom is 0.234 e. The zero-order valence-corrected chi connectivity index (χ0v) is 10.6. The minimum atomic E-state index is 0.862. The number of rotatable bonds is 5. The van der Waals surface area contributed by atoms with Crippen LogP contribution in [0, 0.1) is 0 Å². The molecule has 0 aliphatic heterocycles. The molecule has 0 amide bonds. The molecule has 0 atom stereocenters. The summed E-state index contributed by atoms with van der Waals surface area (Å²) in [4.78, 5) is 0.862. The molecule has 5 nitrogen and oxygen atoms in total. The normalized spacial score (nSPS) is 10.9. The summed E-state index contributed by atoms with van der Waals surface area (Å²) in [6, 6.07) is 10.2. The van der Waals surface area contributed by atoms with Gasteiger partial charge in [0, 0.05) is 18.7 Å². The quantitative estimate of drug-likeness (QED) is 0.714. The van der Waals surface area contributed by atoms with E-state index >= 15 is 0 Å². The minimum absolute atomic E-state index is 0.862. The van der Waals surface area contributed by atoms with Crippen LogP contribution in [0.5, 0.6) is 0 Å². The molecular weight excluding hydrogens is 246 g/mol. The van der Waals surface area contributed by atoms with Gasteiger partial charge in [0.05, 0.1) is 0 Å². The first-order chi connectivity index (χ1) is 8.92. The Kier molecular flexibility index (Phi) is 3.18. The molecule has 1 aromatic carbocycles. The topological polar surface area (TPSA) is 55.1 Å². The molecule has 92 valence electrons. The first-order valence-electron chi connectivity index (χ1n) is 5.86. The molecule has 0 bridgehead atoms. The van der Waals surface area contributed by atoms with E-state index in [1.54, 1.807) is 22.2 Å².